The van der Waals surface area contributed by atoms with Gasteiger partial charge in [0.15, 0.2) is 0 Å². The van der Waals surface area contributed by atoms with E-state index in [-0.39, 0.29) is 11.9 Å². The molecule has 0 spiro atoms. The van der Waals surface area contributed by atoms with E-state index in [0.717, 1.165) is 19.3 Å². The van der Waals surface area contributed by atoms with Gasteiger partial charge in [0.05, 0.1) is 5.56 Å². The summed E-state index contributed by atoms with van der Waals surface area (Å²) in [6.45, 7) is 4.18. The van der Waals surface area contributed by atoms with Crippen molar-refractivity contribution in [3.05, 3.63) is 29.0 Å². The highest BCUT2D eigenvalue weighted by Gasteiger charge is 2.11. The van der Waals surface area contributed by atoms with Gasteiger partial charge in [-0.2, -0.15) is 0 Å². The van der Waals surface area contributed by atoms with E-state index in [1.54, 1.807) is 12.1 Å². The van der Waals surface area contributed by atoms with E-state index >= 15 is 0 Å². The van der Waals surface area contributed by atoms with Gasteiger partial charge in [-0.1, -0.05) is 31.9 Å². The van der Waals surface area contributed by atoms with Crippen LogP contribution < -0.4 is 5.32 Å². The average molecular weight is 241 g/mol. The molecule has 0 saturated heterocycles. The largest absolute Gasteiger partial charge is 0.349 e. The second-order valence-electron chi connectivity index (χ2n) is 3.74. The van der Waals surface area contributed by atoms with Crippen molar-refractivity contribution in [2.45, 2.75) is 39.2 Å². The summed E-state index contributed by atoms with van der Waals surface area (Å²) < 4.78 is 0. The van der Waals surface area contributed by atoms with E-state index in [0.29, 0.717) is 10.7 Å². The summed E-state index contributed by atoms with van der Waals surface area (Å²) in [4.78, 5) is 15.7. The van der Waals surface area contributed by atoms with Gasteiger partial charge in [-0.25, -0.2) is 4.98 Å². The van der Waals surface area contributed by atoms with Crippen LogP contribution in [0.15, 0.2) is 18.3 Å². The lowest BCUT2D eigenvalue weighted by Gasteiger charge is -2.15. The van der Waals surface area contributed by atoms with Crippen LogP contribution in [0.25, 0.3) is 0 Å². The maximum atomic E-state index is 11.8. The number of hydrogen-bond acceptors (Lipinski definition) is 2. The Morgan fingerprint density at radius 1 is 1.50 bits per heavy atom. The molecule has 0 saturated carbocycles. The molecule has 0 fully saturated rings. The molecule has 1 N–H and O–H groups in total. The lowest BCUT2D eigenvalue weighted by atomic mass is 10.1. The van der Waals surface area contributed by atoms with Crippen molar-refractivity contribution in [2.75, 3.05) is 0 Å². The molecule has 1 aromatic heterocycles. The first-order valence-corrected chi connectivity index (χ1v) is 5.97. The van der Waals surface area contributed by atoms with Crippen LogP contribution in [0, 0.1) is 0 Å². The van der Waals surface area contributed by atoms with Crippen LogP contribution in [0.1, 0.15) is 43.5 Å². The Morgan fingerprint density at radius 2 is 2.25 bits per heavy atom. The molecule has 4 heteroatoms. The second-order valence-corrected chi connectivity index (χ2v) is 4.12. The highest BCUT2D eigenvalue weighted by Crippen LogP contribution is 2.07. The topological polar surface area (TPSA) is 42.0 Å². The van der Waals surface area contributed by atoms with Gasteiger partial charge in [-0.3, -0.25) is 4.79 Å². The number of hydrogen-bond donors (Lipinski definition) is 1. The lowest BCUT2D eigenvalue weighted by molar-refractivity contribution is 0.0933. The van der Waals surface area contributed by atoms with Crippen LogP contribution >= 0.6 is 11.6 Å². The molecule has 1 atom stereocenters. The summed E-state index contributed by atoms with van der Waals surface area (Å²) >= 11 is 5.66. The Morgan fingerprint density at radius 3 is 2.75 bits per heavy atom. The first-order valence-electron chi connectivity index (χ1n) is 5.59. The molecule has 0 radical (unpaired) electrons. The summed E-state index contributed by atoms with van der Waals surface area (Å²) in [5.74, 6) is -0.0792. The predicted octanol–water partition coefficient (Wildman–Crippen LogP) is 3.04. The fraction of sp³-hybridized carbons (Fsp3) is 0.500. The summed E-state index contributed by atoms with van der Waals surface area (Å²) in [6.07, 6.45) is 4.51. The summed E-state index contributed by atoms with van der Waals surface area (Å²) in [6, 6.07) is 3.55. The molecule has 0 aliphatic rings. The number of pyridine rings is 1. The predicted molar refractivity (Wildman–Crippen MR) is 65.7 cm³/mol. The van der Waals surface area contributed by atoms with Crippen molar-refractivity contribution < 1.29 is 4.79 Å². The number of amides is 1. The van der Waals surface area contributed by atoms with Crippen LogP contribution in [0.5, 0.6) is 0 Å². The molecule has 0 bridgehead atoms. The van der Waals surface area contributed by atoms with Crippen LogP contribution in [0.2, 0.25) is 5.15 Å². The van der Waals surface area contributed by atoms with E-state index in [9.17, 15) is 4.79 Å². The molecule has 16 heavy (non-hydrogen) atoms. The summed E-state index contributed by atoms with van der Waals surface area (Å²) in [5.41, 5.74) is 0.555. The molecule has 1 rings (SSSR count). The zero-order chi connectivity index (χ0) is 12.0. The SMILES string of the molecule is CCCC(CC)NC(=O)c1ccc(Cl)nc1. The van der Waals surface area contributed by atoms with Gasteiger partial charge in [0.2, 0.25) is 0 Å². The highest BCUT2D eigenvalue weighted by atomic mass is 35.5. The minimum Gasteiger partial charge on any atom is -0.349 e. The first-order chi connectivity index (χ1) is 7.67. The third-order valence-corrected chi connectivity index (χ3v) is 2.68. The molecular weight excluding hydrogens is 224 g/mol. The second kappa shape index (κ2) is 6.48. The maximum Gasteiger partial charge on any atom is 0.253 e. The molecule has 3 nitrogen and oxygen atoms in total. The molecule has 1 amide bonds. The van der Waals surface area contributed by atoms with Crippen molar-refractivity contribution >= 4 is 17.5 Å². The zero-order valence-corrected chi connectivity index (χ0v) is 10.4. The van der Waals surface area contributed by atoms with Gasteiger partial charge in [0.1, 0.15) is 5.15 Å². The van der Waals surface area contributed by atoms with Crippen molar-refractivity contribution in [1.82, 2.24) is 10.3 Å². The quantitative estimate of drug-likeness (QED) is 0.804. The van der Waals surface area contributed by atoms with Crippen LogP contribution in [0.4, 0.5) is 0 Å². The number of halogens is 1. The van der Waals surface area contributed by atoms with Gasteiger partial charge >= 0.3 is 0 Å². The Hall–Kier alpha value is -1.09. The highest BCUT2D eigenvalue weighted by molar-refractivity contribution is 6.29. The van der Waals surface area contributed by atoms with Gasteiger partial charge in [0, 0.05) is 12.2 Å². The molecule has 0 aromatic carbocycles. The van der Waals surface area contributed by atoms with E-state index < -0.39 is 0 Å². The number of aromatic nitrogens is 1. The third-order valence-electron chi connectivity index (χ3n) is 2.45. The van der Waals surface area contributed by atoms with E-state index in [2.05, 4.69) is 24.1 Å². The number of carbonyl (C=O) groups excluding carboxylic acids is 1. The molecule has 1 unspecified atom stereocenters. The molecule has 1 heterocycles. The van der Waals surface area contributed by atoms with E-state index in [1.807, 2.05) is 0 Å². The normalized spacial score (nSPS) is 12.2. The smallest absolute Gasteiger partial charge is 0.253 e. The number of rotatable bonds is 5. The average Bonchev–Trinajstić information content (AvgIpc) is 2.29. The third kappa shape index (κ3) is 3.81. The van der Waals surface area contributed by atoms with Crippen LogP contribution in [-0.4, -0.2) is 16.9 Å². The van der Waals surface area contributed by atoms with Crippen molar-refractivity contribution in [1.29, 1.82) is 0 Å². The van der Waals surface area contributed by atoms with Crippen LogP contribution in [-0.2, 0) is 0 Å². The van der Waals surface area contributed by atoms with Crippen LogP contribution in [0.3, 0.4) is 0 Å². The van der Waals surface area contributed by atoms with Crippen molar-refractivity contribution in [3.8, 4) is 0 Å². The maximum absolute atomic E-state index is 11.8. The minimum absolute atomic E-state index is 0.0792. The van der Waals surface area contributed by atoms with Crippen molar-refractivity contribution in [3.63, 3.8) is 0 Å². The minimum atomic E-state index is -0.0792. The fourth-order valence-corrected chi connectivity index (χ4v) is 1.62. The monoisotopic (exact) mass is 240 g/mol. The van der Waals surface area contributed by atoms with Gasteiger partial charge in [-0.05, 0) is 25.0 Å². The molecular formula is C12H17ClN2O. The molecule has 88 valence electrons. The Labute approximate surface area is 101 Å². The van der Waals surface area contributed by atoms with E-state index in [4.69, 9.17) is 11.6 Å². The Kier molecular flexibility index (Phi) is 5.26. The summed E-state index contributed by atoms with van der Waals surface area (Å²) in [5, 5.41) is 3.38. The standard InChI is InChI=1S/C12H17ClN2O/c1-3-5-10(4-2)15-12(16)9-6-7-11(13)14-8-9/h6-8,10H,3-5H2,1-2H3,(H,15,16). The molecule has 0 aliphatic heterocycles. The first kappa shape index (κ1) is 13.0. The summed E-state index contributed by atoms with van der Waals surface area (Å²) in [7, 11) is 0. The van der Waals surface area contributed by atoms with E-state index in [1.165, 1.54) is 6.20 Å². The van der Waals surface area contributed by atoms with Gasteiger partial charge < -0.3 is 5.32 Å². The molecule has 1 aromatic rings. The lowest BCUT2D eigenvalue weighted by Crippen LogP contribution is -2.34. The number of nitrogens with one attached hydrogen (secondary N) is 1. The van der Waals surface area contributed by atoms with Crippen molar-refractivity contribution in [2.24, 2.45) is 0 Å². The number of nitrogens with zero attached hydrogens (tertiary/aromatic N) is 1. The Balaban J connectivity index is 2.60. The van der Waals surface area contributed by atoms with Gasteiger partial charge in [0.25, 0.3) is 5.91 Å². The fourth-order valence-electron chi connectivity index (χ4n) is 1.51. The molecule has 0 aliphatic carbocycles. The zero-order valence-electron chi connectivity index (χ0n) is 9.66. The number of carbonyl (C=O) groups is 1. The van der Waals surface area contributed by atoms with Gasteiger partial charge in [-0.15, -0.1) is 0 Å². The Bertz CT molecular complexity index is 337.